The van der Waals surface area contributed by atoms with Crippen LogP contribution in [0.5, 0.6) is 0 Å². The molecular formula is C10H17N3O3. The Morgan fingerprint density at radius 3 is 2.69 bits per heavy atom. The van der Waals surface area contributed by atoms with Crippen molar-refractivity contribution in [3.05, 3.63) is 0 Å². The molecule has 1 aliphatic rings. The average molecular weight is 227 g/mol. The van der Waals surface area contributed by atoms with Crippen molar-refractivity contribution in [2.24, 2.45) is 5.92 Å². The summed E-state index contributed by atoms with van der Waals surface area (Å²) in [5.41, 5.74) is 0. The van der Waals surface area contributed by atoms with Gasteiger partial charge in [-0.2, -0.15) is 0 Å². The molecule has 2 N–H and O–H groups in total. The third-order valence-corrected chi connectivity index (χ3v) is 2.49. The molecule has 6 nitrogen and oxygen atoms in total. The summed E-state index contributed by atoms with van der Waals surface area (Å²) in [5, 5.41) is 5.25. The maximum Gasteiger partial charge on any atom is 0.225 e. The number of amides is 3. The van der Waals surface area contributed by atoms with Gasteiger partial charge in [0.25, 0.3) is 0 Å². The second kappa shape index (κ2) is 5.48. The van der Waals surface area contributed by atoms with Crippen LogP contribution < -0.4 is 10.6 Å². The number of carbonyl (C=O) groups is 3. The van der Waals surface area contributed by atoms with Gasteiger partial charge >= 0.3 is 0 Å². The first kappa shape index (κ1) is 12.5. The lowest BCUT2D eigenvalue weighted by Gasteiger charge is -2.12. The SMILES string of the molecule is CN(C)C(=O)CCNC(=O)C1CNC(=O)C1. The summed E-state index contributed by atoms with van der Waals surface area (Å²) >= 11 is 0. The Balaban J connectivity index is 2.20. The van der Waals surface area contributed by atoms with Crippen LogP contribution in [0.3, 0.4) is 0 Å². The van der Waals surface area contributed by atoms with Crippen molar-refractivity contribution in [2.75, 3.05) is 27.2 Å². The lowest BCUT2D eigenvalue weighted by Crippen LogP contribution is -2.34. The molecule has 6 heteroatoms. The van der Waals surface area contributed by atoms with E-state index in [0.717, 1.165) is 0 Å². The molecule has 1 rings (SSSR count). The Bertz CT molecular complexity index is 302. The predicted molar refractivity (Wildman–Crippen MR) is 57.4 cm³/mol. The molecular weight excluding hydrogens is 210 g/mol. The number of hydrogen-bond donors (Lipinski definition) is 2. The van der Waals surface area contributed by atoms with Crippen molar-refractivity contribution in [3.8, 4) is 0 Å². The Labute approximate surface area is 94.4 Å². The van der Waals surface area contributed by atoms with Crippen LogP contribution in [0.1, 0.15) is 12.8 Å². The molecule has 1 aliphatic heterocycles. The second-order valence-electron chi connectivity index (χ2n) is 4.03. The number of nitrogens with one attached hydrogen (secondary N) is 2. The van der Waals surface area contributed by atoms with Gasteiger partial charge in [0.2, 0.25) is 17.7 Å². The van der Waals surface area contributed by atoms with E-state index in [0.29, 0.717) is 13.1 Å². The van der Waals surface area contributed by atoms with Crippen LogP contribution in [0.15, 0.2) is 0 Å². The van der Waals surface area contributed by atoms with Gasteiger partial charge in [-0.05, 0) is 0 Å². The van der Waals surface area contributed by atoms with E-state index in [1.54, 1.807) is 14.1 Å². The van der Waals surface area contributed by atoms with Gasteiger partial charge in [0.05, 0.1) is 5.92 Å². The standard InChI is InChI=1S/C10H17N3O3/c1-13(2)9(15)3-4-11-10(16)7-5-8(14)12-6-7/h7H,3-6H2,1-2H3,(H,11,16)(H,12,14). The number of hydrogen-bond acceptors (Lipinski definition) is 3. The smallest absolute Gasteiger partial charge is 0.225 e. The molecule has 3 amide bonds. The molecule has 1 heterocycles. The Morgan fingerprint density at radius 2 is 2.19 bits per heavy atom. The van der Waals surface area contributed by atoms with Crippen molar-refractivity contribution >= 4 is 17.7 Å². The molecule has 0 saturated carbocycles. The highest BCUT2D eigenvalue weighted by Gasteiger charge is 2.27. The zero-order valence-corrected chi connectivity index (χ0v) is 9.58. The third kappa shape index (κ3) is 3.52. The number of nitrogens with zero attached hydrogens (tertiary/aromatic N) is 1. The maximum absolute atomic E-state index is 11.5. The largest absolute Gasteiger partial charge is 0.355 e. The summed E-state index contributed by atoms with van der Waals surface area (Å²) in [4.78, 5) is 35.1. The monoisotopic (exact) mass is 227 g/mol. The van der Waals surface area contributed by atoms with Gasteiger partial charge in [-0.25, -0.2) is 0 Å². The van der Waals surface area contributed by atoms with Crippen molar-refractivity contribution in [1.29, 1.82) is 0 Å². The highest BCUT2D eigenvalue weighted by molar-refractivity contribution is 5.89. The normalized spacial score (nSPS) is 19.1. The van der Waals surface area contributed by atoms with Gasteiger partial charge in [0.1, 0.15) is 0 Å². The molecule has 0 spiro atoms. The molecule has 0 aromatic rings. The average Bonchev–Trinajstić information content (AvgIpc) is 2.64. The van der Waals surface area contributed by atoms with Gasteiger partial charge in [-0.1, -0.05) is 0 Å². The lowest BCUT2D eigenvalue weighted by atomic mass is 10.1. The summed E-state index contributed by atoms with van der Waals surface area (Å²) in [7, 11) is 3.34. The van der Waals surface area contributed by atoms with Crippen LogP contribution >= 0.6 is 0 Å². The van der Waals surface area contributed by atoms with E-state index >= 15 is 0 Å². The Morgan fingerprint density at radius 1 is 1.50 bits per heavy atom. The van der Waals surface area contributed by atoms with Gasteiger partial charge < -0.3 is 15.5 Å². The van der Waals surface area contributed by atoms with E-state index in [2.05, 4.69) is 10.6 Å². The summed E-state index contributed by atoms with van der Waals surface area (Å²) in [5.74, 6) is -0.572. The van der Waals surface area contributed by atoms with Crippen molar-refractivity contribution in [2.45, 2.75) is 12.8 Å². The molecule has 1 atom stereocenters. The predicted octanol–water partition coefficient (Wildman–Crippen LogP) is -1.28. The summed E-state index contributed by atoms with van der Waals surface area (Å²) in [6.07, 6.45) is 0.528. The van der Waals surface area contributed by atoms with E-state index in [1.807, 2.05) is 0 Å². The van der Waals surface area contributed by atoms with Crippen LogP contribution in [-0.2, 0) is 14.4 Å². The number of rotatable bonds is 4. The van der Waals surface area contributed by atoms with Gasteiger partial charge in [0.15, 0.2) is 0 Å². The molecule has 0 aliphatic carbocycles. The fourth-order valence-electron chi connectivity index (χ4n) is 1.45. The summed E-state index contributed by atoms with van der Waals surface area (Å²) in [6, 6.07) is 0. The van der Waals surface area contributed by atoms with E-state index < -0.39 is 0 Å². The quantitative estimate of drug-likeness (QED) is 0.627. The zero-order chi connectivity index (χ0) is 12.1. The Hall–Kier alpha value is -1.59. The second-order valence-corrected chi connectivity index (χ2v) is 4.03. The van der Waals surface area contributed by atoms with E-state index in [9.17, 15) is 14.4 Å². The van der Waals surface area contributed by atoms with Crippen LogP contribution in [0.2, 0.25) is 0 Å². The maximum atomic E-state index is 11.5. The van der Waals surface area contributed by atoms with Crippen LogP contribution in [0, 0.1) is 5.92 Å². The van der Waals surface area contributed by atoms with E-state index in [4.69, 9.17) is 0 Å². The third-order valence-electron chi connectivity index (χ3n) is 2.49. The molecule has 1 fully saturated rings. The van der Waals surface area contributed by atoms with E-state index in [-0.39, 0.29) is 36.5 Å². The van der Waals surface area contributed by atoms with Crippen molar-refractivity contribution < 1.29 is 14.4 Å². The van der Waals surface area contributed by atoms with Crippen molar-refractivity contribution in [1.82, 2.24) is 15.5 Å². The Kier molecular flexibility index (Phi) is 4.28. The summed E-state index contributed by atoms with van der Waals surface area (Å²) < 4.78 is 0. The van der Waals surface area contributed by atoms with Gasteiger partial charge in [0, 0.05) is 40.0 Å². The molecule has 16 heavy (non-hydrogen) atoms. The fourth-order valence-corrected chi connectivity index (χ4v) is 1.45. The lowest BCUT2D eigenvalue weighted by molar-refractivity contribution is -0.129. The topological polar surface area (TPSA) is 78.5 Å². The minimum absolute atomic E-state index is 0.0269. The highest BCUT2D eigenvalue weighted by atomic mass is 16.2. The van der Waals surface area contributed by atoms with Crippen LogP contribution in [-0.4, -0.2) is 49.8 Å². The zero-order valence-electron chi connectivity index (χ0n) is 9.58. The molecule has 0 aromatic heterocycles. The van der Waals surface area contributed by atoms with Gasteiger partial charge in [-0.3, -0.25) is 14.4 Å². The van der Waals surface area contributed by atoms with Crippen molar-refractivity contribution in [3.63, 3.8) is 0 Å². The summed E-state index contributed by atoms with van der Waals surface area (Å²) in [6.45, 7) is 0.715. The minimum atomic E-state index is -0.290. The van der Waals surface area contributed by atoms with E-state index in [1.165, 1.54) is 4.90 Å². The molecule has 0 aromatic carbocycles. The fraction of sp³-hybridized carbons (Fsp3) is 0.700. The first-order chi connectivity index (χ1) is 7.50. The molecule has 1 unspecified atom stereocenters. The van der Waals surface area contributed by atoms with Gasteiger partial charge in [-0.15, -0.1) is 0 Å². The van der Waals surface area contributed by atoms with Crippen LogP contribution in [0.4, 0.5) is 0 Å². The first-order valence-corrected chi connectivity index (χ1v) is 5.25. The highest BCUT2D eigenvalue weighted by Crippen LogP contribution is 2.08. The molecule has 90 valence electrons. The minimum Gasteiger partial charge on any atom is -0.355 e. The molecule has 1 saturated heterocycles. The first-order valence-electron chi connectivity index (χ1n) is 5.25. The van der Waals surface area contributed by atoms with Crippen LogP contribution in [0.25, 0.3) is 0 Å². The molecule has 0 radical (unpaired) electrons. The molecule has 0 bridgehead atoms. The number of carbonyl (C=O) groups excluding carboxylic acids is 3.